The molecule has 1 aromatic heterocycles. The van der Waals surface area contributed by atoms with E-state index < -0.39 is 0 Å². The van der Waals surface area contributed by atoms with E-state index in [9.17, 15) is 0 Å². The maximum Gasteiger partial charge on any atom is 0.0630 e. The molecule has 2 nitrogen and oxygen atoms in total. The van der Waals surface area contributed by atoms with E-state index in [4.69, 9.17) is 4.99 Å². The van der Waals surface area contributed by atoms with Gasteiger partial charge in [-0.15, -0.1) is 0 Å². The van der Waals surface area contributed by atoms with Crippen molar-refractivity contribution in [2.24, 2.45) is 29.8 Å². The van der Waals surface area contributed by atoms with Crippen LogP contribution in [0.25, 0.3) is 10.9 Å². The number of fused-ring (bicyclic) bond motifs is 1. The lowest BCUT2D eigenvalue weighted by molar-refractivity contribution is -0.00518. The molecule has 2 heteroatoms. The molecular weight excluding hydrogens is 352 g/mol. The summed E-state index contributed by atoms with van der Waals surface area (Å²) in [6.07, 6.45) is 10.9. The number of aromatic nitrogens is 1. The summed E-state index contributed by atoms with van der Waals surface area (Å²) in [7, 11) is 2.13. The van der Waals surface area contributed by atoms with Crippen molar-refractivity contribution >= 4 is 22.8 Å². The second kappa shape index (κ2) is 6.32. The van der Waals surface area contributed by atoms with Crippen LogP contribution < -0.4 is 0 Å². The standard InChI is InChI=1S/C27H30N2/c1-18-25(24-5-3-4-6-26(24)29(18)2)17-28-23-9-7-22(8-10-23)27-14-19-11-20(15-27)13-21(12-19)16-27/h3-10,17,19-21H,11-16H2,1-2H3. The van der Waals surface area contributed by atoms with Gasteiger partial charge in [0.25, 0.3) is 0 Å². The van der Waals surface area contributed by atoms with Crippen LogP contribution in [0.1, 0.15) is 55.3 Å². The van der Waals surface area contributed by atoms with Gasteiger partial charge in [-0.2, -0.15) is 0 Å². The molecule has 0 aliphatic heterocycles. The van der Waals surface area contributed by atoms with Crippen molar-refractivity contribution in [3.05, 3.63) is 65.4 Å². The van der Waals surface area contributed by atoms with Crippen LogP contribution in [0.3, 0.4) is 0 Å². The number of hydrogen-bond donors (Lipinski definition) is 0. The van der Waals surface area contributed by atoms with Crippen molar-refractivity contribution in [3.63, 3.8) is 0 Å². The van der Waals surface area contributed by atoms with Crippen LogP contribution >= 0.6 is 0 Å². The summed E-state index contributed by atoms with van der Waals surface area (Å²) < 4.78 is 2.26. The van der Waals surface area contributed by atoms with Crippen molar-refractivity contribution in [3.8, 4) is 0 Å². The Bertz CT molecular complexity index is 1060. The van der Waals surface area contributed by atoms with Crippen LogP contribution in [0.2, 0.25) is 0 Å². The third-order valence-electron chi connectivity index (χ3n) is 8.31. The molecule has 1 heterocycles. The molecule has 0 amide bonds. The molecule has 2 aromatic carbocycles. The summed E-state index contributed by atoms with van der Waals surface area (Å²) in [6.45, 7) is 2.18. The van der Waals surface area contributed by atoms with Gasteiger partial charge in [0.1, 0.15) is 0 Å². The molecule has 0 N–H and O–H groups in total. The fourth-order valence-electron chi connectivity index (χ4n) is 7.22. The summed E-state index contributed by atoms with van der Waals surface area (Å²) in [5, 5.41) is 1.28. The fourth-order valence-corrected chi connectivity index (χ4v) is 7.22. The predicted octanol–water partition coefficient (Wildman–Crippen LogP) is 6.71. The summed E-state index contributed by atoms with van der Waals surface area (Å²) in [4.78, 5) is 4.85. The minimum absolute atomic E-state index is 0.475. The van der Waals surface area contributed by atoms with Gasteiger partial charge in [-0.25, -0.2) is 0 Å². The molecule has 0 atom stereocenters. The Hall–Kier alpha value is -2.35. The summed E-state index contributed by atoms with van der Waals surface area (Å²) in [6, 6.07) is 17.8. The van der Waals surface area contributed by atoms with E-state index in [1.807, 2.05) is 0 Å². The quantitative estimate of drug-likeness (QED) is 0.448. The zero-order chi connectivity index (χ0) is 19.6. The molecule has 4 aliphatic rings. The Morgan fingerprint density at radius 1 is 0.897 bits per heavy atom. The molecule has 3 aromatic rings. The molecule has 0 saturated heterocycles. The van der Waals surface area contributed by atoms with Gasteiger partial charge in [-0.05, 0) is 92.4 Å². The first-order valence-corrected chi connectivity index (χ1v) is 11.3. The third-order valence-corrected chi connectivity index (χ3v) is 8.31. The molecule has 0 radical (unpaired) electrons. The Morgan fingerprint density at radius 3 is 2.17 bits per heavy atom. The lowest BCUT2D eigenvalue weighted by Gasteiger charge is -2.57. The number of hydrogen-bond acceptors (Lipinski definition) is 1. The van der Waals surface area contributed by atoms with Crippen molar-refractivity contribution in [2.75, 3.05) is 0 Å². The number of benzene rings is 2. The SMILES string of the molecule is Cc1c(C=Nc2ccc(C34CC5CC(CC(C5)C3)C4)cc2)c2ccccc2n1C. The van der Waals surface area contributed by atoms with Gasteiger partial charge >= 0.3 is 0 Å². The van der Waals surface area contributed by atoms with Crippen LogP contribution in [0.15, 0.2) is 53.5 Å². The second-order valence-electron chi connectivity index (χ2n) is 10.1. The first-order chi connectivity index (χ1) is 14.1. The van der Waals surface area contributed by atoms with Crippen LogP contribution in [-0.2, 0) is 12.5 Å². The summed E-state index contributed by atoms with van der Waals surface area (Å²) in [5.74, 6) is 2.98. The van der Waals surface area contributed by atoms with E-state index >= 15 is 0 Å². The molecule has 0 unspecified atom stereocenters. The van der Waals surface area contributed by atoms with Crippen molar-refractivity contribution in [1.82, 2.24) is 4.57 Å². The first kappa shape index (κ1) is 17.5. The van der Waals surface area contributed by atoms with Gasteiger partial charge in [-0.3, -0.25) is 4.99 Å². The lowest BCUT2D eigenvalue weighted by atomic mass is 9.48. The molecule has 148 valence electrons. The molecular formula is C27H30N2. The molecule has 7 rings (SSSR count). The topological polar surface area (TPSA) is 17.3 Å². The van der Waals surface area contributed by atoms with Crippen molar-refractivity contribution in [2.45, 2.75) is 50.9 Å². The van der Waals surface area contributed by atoms with E-state index in [2.05, 4.69) is 73.3 Å². The monoisotopic (exact) mass is 382 g/mol. The van der Waals surface area contributed by atoms with Gasteiger partial charge in [0.05, 0.1) is 5.69 Å². The maximum absolute atomic E-state index is 4.85. The van der Waals surface area contributed by atoms with Gasteiger partial charge in [0.2, 0.25) is 0 Å². The highest BCUT2D eigenvalue weighted by Crippen LogP contribution is 2.60. The number of aryl methyl sites for hydroxylation is 1. The summed E-state index contributed by atoms with van der Waals surface area (Å²) >= 11 is 0. The van der Waals surface area contributed by atoms with Gasteiger partial charge in [0.15, 0.2) is 0 Å². The molecule has 4 saturated carbocycles. The van der Waals surface area contributed by atoms with Gasteiger partial charge in [0, 0.05) is 35.4 Å². The van der Waals surface area contributed by atoms with Crippen LogP contribution in [0.5, 0.6) is 0 Å². The Morgan fingerprint density at radius 2 is 1.52 bits per heavy atom. The minimum atomic E-state index is 0.475. The normalized spacial score (nSPS) is 30.6. The van der Waals surface area contributed by atoms with E-state index in [-0.39, 0.29) is 0 Å². The predicted molar refractivity (Wildman–Crippen MR) is 121 cm³/mol. The molecule has 4 aliphatic carbocycles. The van der Waals surface area contributed by atoms with Gasteiger partial charge < -0.3 is 4.57 Å². The molecule has 29 heavy (non-hydrogen) atoms. The van der Waals surface area contributed by atoms with Crippen LogP contribution in [0, 0.1) is 24.7 Å². The van der Waals surface area contributed by atoms with Gasteiger partial charge in [-0.1, -0.05) is 30.3 Å². The molecule has 4 bridgehead atoms. The van der Waals surface area contributed by atoms with E-state index in [0.717, 1.165) is 23.4 Å². The number of para-hydroxylation sites is 1. The number of aliphatic imine (C=N–C) groups is 1. The molecule has 4 fully saturated rings. The van der Waals surface area contributed by atoms with Crippen molar-refractivity contribution < 1.29 is 0 Å². The minimum Gasteiger partial charge on any atom is -0.347 e. The largest absolute Gasteiger partial charge is 0.347 e. The van der Waals surface area contributed by atoms with E-state index in [1.54, 1.807) is 5.56 Å². The highest BCUT2D eigenvalue weighted by molar-refractivity contribution is 6.01. The zero-order valence-corrected chi connectivity index (χ0v) is 17.6. The van der Waals surface area contributed by atoms with Crippen LogP contribution in [-0.4, -0.2) is 10.8 Å². The summed E-state index contributed by atoms with van der Waals surface area (Å²) in [5.41, 5.74) is 6.88. The number of rotatable bonds is 3. The lowest BCUT2D eigenvalue weighted by Crippen LogP contribution is -2.48. The Labute approximate surface area is 173 Å². The highest BCUT2D eigenvalue weighted by atomic mass is 14.9. The third kappa shape index (κ3) is 2.72. The highest BCUT2D eigenvalue weighted by Gasteiger charge is 2.51. The Kier molecular flexibility index (Phi) is 3.82. The second-order valence-corrected chi connectivity index (χ2v) is 10.1. The molecule has 0 spiro atoms. The smallest absolute Gasteiger partial charge is 0.0630 e. The maximum atomic E-state index is 4.85. The average Bonchev–Trinajstić information content (AvgIpc) is 2.96. The fraction of sp³-hybridized carbons (Fsp3) is 0.444. The first-order valence-electron chi connectivity index (χ1n) is 11.3. The van der Waals surface area contributed by atoms with E-state index in [0.29, 0.717) is 5.41 Å². The average molecular weight is 383 g/mol. The van der Waals surface area contributed by atoms with Crippen molar-refractivity contribution in [1.29, 1.82) is 0 Å². The van der Waals surface area contributed by atoms with Crippen LogP contribution in [0.4, 0.5) is 5.69 Å². The van der Waals surface area contributed by atoms with E-state index in [1.165, 1.54) is 60.7 Å². The zero-order valence-electron chi connectivity index (χ0n) is 17.6. The Balaban J connectivity index is 1.29. The number of nitrogens with zero attached hydrogens (tertiary/aromatic N) is 2.